The first-order chi connectivity index (χ1) is 14.3. The number of fused-ring (bicyclic) bond motifs is 3. The van der Waals surface area contributed by atoms with Crippen LogP contribution >= 0.6 is 11.6 Å². The molecule has 1 heterocycles. The number of anilines is 2. The number of sulfonamides is 1. The lowest BCUT2D eigenvalue weighted by atomic mass is 9.99. The first kappa shape index (κ1) is 20.2. The van der Waals surface area contributed by atoms with Gasteiger partial charge < -0.3 is 5.32 Å². The molecule has 30 heavy (non-hydrogen) atoms. The molecule has 0 aliphatic carbocycles. The molecule has 0 aromatic heterocycles. The quantitative estimate of drug-likeness (QED) is 0.565. The van der Waals surface area contributed by atoms with E-state index in [-0.39, 0.29) is 17.3 Å². The summed E-state index contributed by atoms with van der Waals surface area (Å²) in [7, 11) is -3.70. The van der Waals surface area contributed by atoms with Crippen LogP contribution in [0.5, 0.6) is 0 Å². The molecule has 3 aromatic rings. The second-order valence-electron chi connectivity index (χ2n) is 6.92. The van der Waals surface area contributed by atoms with E-state index in [9.17, 15) is 13.2 Å². The molecule has 5 nitrogen and oxygen atoms in total. The first-order valence-corrected chi connectivity index (χ1v) is 11.1. The summed E-state index contributed by atoms with van der Waals surface area (Å²) in [5, 5.41) is 3.45. The predicted molar refractivity (Wildman–Crippen MR) is 121 cm³/mol. The van der Waals surface area contributed by atoms with Gasteiger partial charge in [0.1, 0.15) is 0 Å². The van der Waals surface area contributed by atoms with Gasteiger partial charge in [-0.3, -0.25) is 9.10 Å². The zero-order valence-corrected chi connectivity index (χ0v) is 17.8. The molecule has 0 saturated carbocycles. The highest BCUT2D eigenvalue weighted by Gasteiger charge is 2.34. The largest absolute Gasteiger partial charge is 0.322 e. The number of carbonyl (C=O) groups is 1. The molecule has 152 valence electrons. The highest BCUT2D eigenvalue weighted by molar-refractivity contribution is 7.93. The molecule has 1 amide bonds. The van der Waals surface area contributed by atoms with Gasteiger partial charge in [-0.05, 0) is 48.9 Å². The van der Waals surface area contributed by atoms with Gasteiger partial charge in [0, 0.05) is 27.4 Å². The summed E-state index contributed by atoms with van der Waals surface area (Å²) in [5.41, 5.74) is 3.59. The van der Waals surface area contributed by atoms with E-state index in [1.54, 1.807) is 60.7 Å². The summed E-state index contributed by atoms with van der Waals surface area (Å²) in [4.78, 5) is 13.1. The Labute approximate surface area is 180 Å². The average Bonchev–Trinajstić information content (AvgIpc) is 2.74. The molecule has 0 fully saturated rings. The van der Waals surface area contributed by atoms with Gasteiger partial charge in [-0.2, -0.15) is 0 Å². The van der Waals surface area contributed by atoms with Gasteiger partial charge in [0.25, 0.3) is 15.9 Å². The smallest absolute Gasteiger partial charge is 0.265 e. The standard InChI is InChI=1S/C23H19ClN2O3S/c1-3-13-26-21-12-11-16(23(27)25-20-9-6-8-19(24)15(20)2)14-18(21)17-7-4-5-10-22(17)30(26,28)29/h3-12,14H,1,13H2,2H3,(H,25,27). The normalized spacial score (nSPS) is 13.9. The molecular weight excluding hydrogens is 420 g/mol. The number of amides is 1. The molecule has 0 spiro atoms. The monoisotopic (exact) mass is 438 g/mol. The highest BCUT2D eigenvalue weighted by Crippen LogP contribution is 2.43. The molecule has 7 heteroatoms. The second-order valence-corrected chi connectivity index (χ2v) is 9.16. The Morgan fingerprint density at radius 3 is 2.63 bits per heavy atom. The van der Waals surface area contributed by atoms with Crippen molar-refractivity contribution in [3.05, 3.63) is 89.5 Å². The first-order valence-electron chi connectivity index (χ1n) is 9.28. The van der Waals surface area contributed by atoms with Crippen LogP contribution in [0.1, 0.15) is 15.9 Å². The third kappa shape index (κ3) is 3.28. The van der Waals surface area contributed by atoms with Crippen molar-refractivity contribution < 1.29 is 13.2 Å². The molecular formula is C23H19ClN2O3S. The van der Waals surface area contributed by atoms with Crippen LogP contribution in [0.3, 0.4) is 0 Å². The molecule has 1 aliphatic rings. The number of carbonyl (C=O) groups excluding carboxylic acids is 1. The highest BCUT2D eigenvalue weighted by atomic mass is 35.5. The lowest BCUT2D eigenvalue weighted by Gasteiger charge is -2.31. The molecule has 3 aromatic carbocycles. The Morgan fingerprint density at radius 2 is 1.87 bits per heavy atom. The second kappa shape index (κ2) is 7.63. The van der Waals surface area contributed by atoms with Crippen LogP contribution in [0.4, 0.5) is 11.4 Å². The minimum atomic E-state index is -3.70. The summed E-state index contributed by atoms with van der Waals surface area (Å²) >= 11 is 6.15. The van der Waals surface area contributed by atoms with E-state index in [1.807, 2.05) is 6.92 Å². The number of hydrogen-bond acceptors (Lipinski definition) is 3. The van der Waals surface area contributed by atoms with Gasteiger partial charge in [0.05, 0.1) is 17.1 Å². The van der Waals surface area contributed by atoms with Gasteiger partial charge in [-0.25, -0.2) is 8.42 Å². The van der Waals surface area contributed by atoms with Crippen molar-refractivity contribution in [1.29, 1.82) is 0 Å². The summed E-state index contributed by atoms with van der Waals surface area (Å²) in [6.07, 6.45) is 1.54. The summed E-state index contributed by atoms with van der Waals surface area (Å²) in [5.74, 6) is -0.302. The molecule has 1 N–H and O–H groups in total. The van der Waals surface area contributed by atoms with Gasteiger partial charge in [0.2, 0.25) is 0 Å². The molecule has 1 aliphatic heterocycles. The van der Waals surface area contributed by atoms with Gasteiger partial charge in [-0.1, -0.05) is 41.9 Å². The topological polar surface area (TPSA) is 66.5 Å². The van der Waals surface area contributed by atoms with E-state index in [2.05, 4.69) is 11.9 Å². The third-order valence-electron chi connectivity index (χ3n) is 5.08. The Kier molecular flexibility index (Phi) is 5.13. The molecule has 0 radical (unpaired) electrons. The Balaban J connectivity index is 1.80. The Hall–Kier alpha value is -3.09. The van der Waals surface area contributed by atoms with Crippen LogP contribution in [0.2, 0.25) is 5.02 Å². The zero-order valence-electron chi connectivity index (χ0n) is 16.2. The van der Waals surface area contributed by atoms with Gasteiger partial charge in [0.15, 0.2) is 0 Å². The Morgan fingerprint density at radius 1 is 1.10 bits per heavy atom. The number of benzene rings is 3. The third-order valence-corrected chi connectivity index (χ3v) is 7.33. The number of hydrogen-bond donors (Lipinski definition) is 1. The fourth-order valence-electron chi connectivity index (χ4n) is 3.52. The van der Waals surface area contributed by atoms with Gasteiger partial charge in [-0.15, -0.1) is 6.58 Å². The van der Waals surface area contributed by atoms with Crippen LogP contribution in [0.25, 0.3) is 11.1 Å². The van der Waals surface area contributed by atoms with Crippen molar-refractivity contribution in [3.63, 3.8) is 0 Å². The zero-order chi connectivity index (χ0) is 21.5. The maximum Gasteiger partial charge on any atom is 0.265 e. The van der Waals surface area contributed by atoms with Crippen molar-refractivity contribution in [2.24, 2.45) is 0 Å². The fraction of sp³-hybridized carbons (Fsp3) is 0.0870. The van der Waals surface area contributed by atoms with Crippen molar-refractivity contribution in [2.75, 3.05) is 16.2 Å². The summed E-state index contributed by atoms with van der Waals surface area (Å²) in [6.45, 7) is 5.64. The van der Waals surface area contributed by atoms with Crippen LogP contribution in [0.15, 0.2) is 78.2 Å². The molecule has 4 rings (SSSR count). The van der Waals surface area contributed by atoms with Crippen LogP contribution in [0, 0.1) is 6.92 Å². The summed E-state index contributed by atoms with van der Waals surface area (Å²) < 4.78 is 27.5. The number of nitrogens with zero attached hydrogens (tertiary/aromatic N) is 1. The lowest BCUT2D eigenvalue weighted by molar-refractivity contribution is 0.102. The summed E-state index contributed by atoms with van der Waals surface area (Å²) in [6, 6.07) is 17.1. The number of rotatable bonds is 4. The lowest BCUT2D eigenvalue weighted by Crippen LogP contribution is -2.34. The van der Waals surface area contributed by atoms with Crippen molar-refractivity contribution in [2.45, 2.75) is 11.8 Å². The van der Waals surface area contributed by atoms with Crippen molar-refractivity contribution in [3.8, 4) is 11.1 Å². The van der Waals surface area contributed by atoms with Crippen molar-refractivity contribution >= 4 is 38.9 Å². The van der Waals surface area contributed by atoms with Crippen molar-refractivity contribution in [1.82, 2.24) is 0 Å². The minimum Gasteiger partial charge on any atom is -0.322 e. The SMILES string of the molecule is C=CCN1c2ccc(C(=O)Nc3cccc(Cl)c3C)cc2-c2ccccc2S1(=O)=O. The van der Waals surface area contributed by atoms with E-state index >= 15 is 0 Å². The Bertz CT molecular complexity index is 1290. The molecule has 0 atom stereocenters. The van der Waals surface area contributed by atoms with Gasteiger partial charge >= 0.3 is 0 Å². The van der Waals surface area contributed by atoms with Crippen LogP contribution < -0.4 is 9.62 Å². The number of nitrogens with one attached hydrogen (secondary N) is 1. The predicted octanol–water partition coefficient (Wildman–Crippen LogP) is 5.26. The molecule has 0 bridgehead atoms. The van der Waals surface area contributed by atoms with E-state index in [0.29, 0.717) is 33.1 Å². The van der Waals surface area contributed by atoms with E-state index in [1.165, 1.54) is 10.4 Å². The van der Waals surface area contributed by atoms with E-state index in [4.69, 9.17) is 11.6 Å². The number of halogens is 1. The minimum absolute atomic E-state index is 0.136. The molecule has 0 saturated heterocycles. The maximum atomic E-state index is 13.1. The van der Waals surface area contributed by atoms with E-state index in [0.717, 1.165) is 5.56 Å². The van der Waals surface area contributed by atoms with E-state index < -0.39 is 10.0 Å². The fourth-order valence-corrected chi connectivity index (χ4v) is 5.36. The maximum absolute atomic E-state index is 13.1. The average molecular weight is 439 g/mol. The van der Waals surface area contributed by atoms with Crippen LogP contribution in [-0.4, -0.2) is 20.9 Å². The molecule has 0 unspecified atom stereocenters. The van der Waals surface area contributed by atoms with Crippen LogP contribution in [-0.2, 0) is 10.0 Å².